The molecule has 3 aromatic rings. The molecule has 11 heteroatoms. The second-order valence-corrected chi connectivity index (χ2v) is 7.20. The monoisotopic (exact) mass is 444 g/mol. The van der Waals surface area contributed by atoms with Crippen molar-refractivity contribution in [1.82, 2.24) is 9.78 Å². The van der Waals surface area contributed by atoms with Gasteiger partial charge in [0.1, 0.15) is 17.1 Å². The molecule has 6 nitrogen and oxygen atoms in total. The summed E-state index contributed by atoms with van der Waals surface area (Å²) < 4.78 is 46.9. The van der Waals surface area contributed by atoms with Gasteiger partial charge in [-0.15, -0.1) is 0 Å². The minimum atomic E-state index is -4.56. The second kappa shape index (κ2) is 7.31. The molecule has 0 aliphatic carbocycles. The Morgan fingerprint density at radius 2 is 2.07 bits per heavy atom. The first-order chi connectivity index (χ1) is 13.8. The van der Waals surface area contributed by atoms with Crippen LogP contribution >= 0.6 is 23.2 Å². The first-order valence-corrected chi connectivity index (χ1v) is 9.21. The molecular weight excluding hydrogens is 432 g/mol. The van der Waals surface area contributed by atoms with Gasteiger partial charge in [-0.25, -0.2) is 4.68 Å². The van der Waals surface area contributed by atoms with Gasteiger partial charge in [-0.2, -0.15) is 18.3 Å². The topological polar surface area (TPSA) is 72.1 Å². The number of hydrogen-bond acceptors (Lipinski definition) is 4. The number of benzene rings is 1. The molecule has 0 saturated carbocycles. The molecule has 2 aromatic heterocycles. The van der Waals surface area contributed by atoms with Gasteiger partial charge in [-0.1, -0.05) is 29.3 Å². The van der Waals surface area contributed by atoms with E-state index < -0.39 is 24.2 Å². The smallest absolute Gasteiger partial charge is 0.410 e. The lowest BCUT2D eigenvalue weighted by molar-refractivity contribution is -0.174. The van der Waals surface area contributed by atoms with Crippen molar-refractivity contribution >= 4 is 40.6 Å². The average molecular weight is 445 g/mol. The Kier molecular flexibility index (Phi) is 4.95. The molecule has 0 unspecified atom stereocenters. The summed E-state index contributed by atoms with van der Waals surface area (Å²) in [6, 6.07) is 5.13. The van der Waals surface area contributed by atoms with Crippen LogP contribution in [0, 0.1) is 0 Å². The van der Waals surface area contributed by atoms with Crippen molar-refractivity contribution in [3.8, 4) is 0 Å². The zero-order valence-corrected chi connectivity index (χ0v) is 16.0. The molecule has 0 bridgehead atoms. The van der Waals surface area contributed by atoms with Gasteiger partial charge in [-0.05, 0) is 24.3 Å². The van der Waals surface area contributed by atoms with E-state index in [4.69, 9.17) is 27.6 Å². The molecule has 3 heterocycles. The summed E-state index contributed by atoms with van der Waals surface area (Å²) in [7, 11) is 0. The second-order valence-electron chi connectivity index (χ2n) is 6.41. The van der Waals surface area contributed by atoms with Gasteiger partial charge in [0.25, 0.3) is 5.91 Å². The Hall–Kier alpha value is -2.65. The molecule has 0 fully saturated rings. The van der Waals surface area contributed by atoms with Gasteiger partial charge >= 0.3 is 6.18 Å². The van der Waals surface area contributed by atoms with Crippen LogP contribution in [0.3, 0.4) is 0 Å². The van der Waals surface area contributed by atoms with Crippen LogP contribution in [0.5, 0.6) is 0 Å². The quantitative estimate of drug-likeness (QED) is 0.543. The minimum Gasteiger partial charge on any atom is -0.467 e. The van der Waals surface area contributed by atoms with E-state index in [0.717, 1.165) is 10.9 Å². The van der Waals surface area contributed by atoms with E-state index in [1.165, 1.54) is 12.3 Å². The number of hydrogen-bond donors (Lipinski definition) is 2. The van der Waals surface area contributed by atoms with Crippen molar-refractivity contribution in [3.63, 3.8) is 0 Å². The van der Waals surface area contributed by atoms with Gasteiger partial charge in [0, 0.05) is 6.42 Å². The third kappa shape index (κ3) is 3.67. The SMILES string of the molecule is O=C(Nc1cccc(Cl)c1Cl)c1cnn2c1N[C@@H](c1ccco1)C[C@H]2C(F)(F)F. The maximum Gasteiger partial charge on any atom is 0.410 e. The lowest BCUT2D eigenvalue weighted by Crippen LogP contribution is -2.36. The van der Waals surface area contributed by atoms with Crippen molar-refractivity contribution in [2.75, 3.05) is 10.6 Å². The Morgan fingerprint density at radius 3 is 2.76 bits per heavy atom. The Balaban J connectivity index is 1.70. The maximum absolute atomic E-state index is 13.6. The van der Waals surface area contributed by atoms with Crippen LogP contribution in [0.1, 0.15) is 34.6 Å². The fourth-order valence-electron chi connectivity index (χ4n) is 3.19. The summed E-state index contributed by atoms with van der Waals surface area (Å²) in [5.74, 6) is -0.407. The number of furan rings is 1. The van der Waals surface area contributed by atoms with Gasteiger partial charge in [-0.3, -0.25) is 4.79 Å². The number of rotatable bonds is 3. The van der Waals surface area contributed by atoms with E-state index in [1.807, 2.05) is 0 Å². The van der Waals surface area contributed by atoms with E-state index in [1.54, 1.807) is 24.3 Å². The molecule has 1 aromatic carbocycles. The number of alkyl halides is 3. The van der Waals surface area contributed by atoms with Crippen molar-refractivity contribution in [3.05, 3.63) is 64.2 Å². The number of nitrogens with zero attached hydrogens (tertiary/aromatic N) is 2. The van der Waals surface area contributed by atoms with E-state index in [0.29, 0.717) is 5.76 Å². The number of anilines is 2. The lowest BCUT2D eigenvalue weighted by atomic mass is 10.0. The van der Waals surface area contributed by atoms with Crippen LogP contribution < -0.4 is 10.6 Å². The number of halogens is 5. The average Bonchev–Trinajstić information content (AvgIpc) is 3.33. The van der Waals surface area contributed by atoms with Gasteiger partial charge < -0.3 is 15.1 Å². The zero-order chi connectivity index (χ0) is 20.8. The Labute approximate surface area is 172 Å². The van der Waals surface area contributed by atoms with Crippen molar-refractivity contribution in [1.29, 1.82) is 0 Å². The van der Waals surface area contributed by atoms with E-state index in [9.17, 15) is 18.0 Å². The molecule has 1 amide bonds. The largest absolute Gasteiger partial charge is 0.467 e. The van der Waals surface area contributed by atoms with Crippen molar-refractivity contribution < 1.29 is 22.4 Å². The predicted molar refractivity (Wildman–Crippen MR) is 101 cm³/mol. The third-order valence-corrected chi connectivity index (χ3v) is 5.39. The predicted octanol–water partition coefficient (Wildman–Crippen LogP) is 5.70. The van der Waals surface area contributed by atoms with Gasteiger partial charge in [0.2, 0.25) is 0 Å². The summed E-state index contributed by atoms with van der Waals surface area (Å²) in [5, 5.41) is 9.64. The highest BCUT2D eigenvalue weighted by Gasteiger charge is 2.47. The first-order valence-electron chi connectivity index (χ1n) is 8.45. The summed E-state index contributed by atoms with van der Waals surface area (Å²) >= 11 is 12.0. The molecule has 152 valence electrons. The van der Waals surface area contributed by atoms with E-state index in [2.05, 4.69) is 15.7 Å². The minimum absolute atomic E-state index is 0.0596. The Morgan fingerprint density at radius 1 is 1.28 bits per heavy atom. The number of amides is 1. The number of nitrogens with one attached hydrogen (secondary N) is 2. The summed E-state index contributed by atoms with van der Waals surface area (Å²) in [6.45, 7) is 0. The summed E-state index contributed by atoms with van der Waals surface area (Å²) in [4.78, 5) is 12.7. The molecule has 1 aliphatic heterocycles. The van der Waals surface area contributed by atoms with E-state index in [-0.39, 0.29) is 33.5 Å². The fourth-order valence-corrected chi connectivity index (χ4v) is 3.54. The van der Waals surface area contributed by atoms with Crippen LogP contribution in [0.25, 0.3) is 0 Å². The van der Waals surface area contributed by atoms with Crippen molar-refractivity contribution in [2.24, 2.45) is 0 Å². The first kappa shape index (κ1) is 19.7. The number of carbonyl (C=O) groups is 1. The zero-order valence-electron chi connectivity index (χ0n) is 14.5. The third-order valence-electron chi connectivity index (χ3n) is 4.57. The maximum atomic E-state index is 13.6. The molecule has 2 atom stereocenters. The van der Waals surface area contributed by atoms with Crippen molar-refractivity contribution in [2.45, 2.75) is 24.7 Å². The van der Waals surface area contributed by atoms with Gasteiger partial charge in [0.15, 0.2) is 6.04 Å². The van der Waals surface area contributed by atoms with Crippen LogP contribution in [0.4, 0.5) is 24.7 Å². The molecule has 0 spiro atoms. The molecule has 4 rings (SSSR count). The highest BCUT2D eigenvalue weighted by atomic mass is 35.5. The lowest BCUT2D eigenvalue weighted by Gasteiger charge is -2.32. The molecule has 1 aliphatic rings. The van der Waals surface area contributed by atoms with Crippen LogP contribution in [-0.2, 0) is 0 Å². The number of aromatic nitrogens is 2. The highest BCUT2D eigenvalue weighted by Crippen LogP contribution is 2.44. The summed E-state index contributed by atoms with van der Waals surface area (Å²) in [6.07, 6.45) is -2.43. The normalized spacial score (nSPS) is 18.8. The highest BCUT2D eigenvalue weighted by molar-refractivity contribution is 6.44. The van der Waals surface area contributed by atoms with E-state index >= 15 is 0 Å². The Bertz CT molecular complexity index is 1050. The number of fused-ring (bicyclic) bond motifs is 1. The summed E-state index contributed by atoms with van der Waals surface area (Å²) in [5.41, 5.74) is 0.168. The van der Waals surface area contributed by atoms with Gasteiger partial charge in [0.05, 0.1) is 34.2 Å². The number of carbonyl (C=O) groups excluding carboxylic acids is 1. The molecule has 2 N–H and O–H groups in total. The van der Waals surface area contributed by atoms with Crippen LogP contribution in [-0.4, -0.2) is 21.9 Å². The standard InChI is InChI=1S/C18H13Cl2F3N4O2/c19-10-3-1-4-11(15(10)20)26-17(28)9-8-24-27-14(18(21,22)23)7-12(25-16(9)27)13-5-2-6-29-13/h1-6,8,12,14,25H,7H2,(H,26,28)/t12-,14+/m1/s1. The fraction of sp³-hybridized carbons (Fsp3) is 0.222. The molecular formula is C18H13Cl2F3N4O2. The molecule has 0 radical (unpaired) electrons. The van der Waals surface area contributed by atoms with Crippen LogP contribution in [0.2, 0.25) is 10.0 Å². The molecule has 0 saturated heterocycles. The van der Waals surface area contributed by atoms with Crippen LogP contribution in [0.15, 0.2) is 47.2 Å². The molecule has 29 heavy (non-hydrogen) atoms.